The molecule has 96 valence electrons. The first-order chi connectivity index (χ1) is 8.11. The molecule has 1 aliphatic heterocycles. The van der Waals surface area contributed by atoms with Gasteiger partial charge in [0.15, 0.2) is 0 Å². The summed E-state index contributed by atoms with van der Waals surface area (Å²) >= 11 is 0. The van der Waals surface area contributed by atoms with E-state index in [1.165, 1.54) is 24.9 Å². The van der Waals surface area contributed by atoms with Gasteiger partial charge in [-0.3, -0.25) is 9.58 Å². The number of hydrogen-bond donors (Lipinski definition) is 1. The van der Waals surface area contributed by atoms with Gasteiger partial charge in [-0.05, 0) is 32.2 Å². The number of aromatic nitrogens is 2. The van der Waals surface area contributed by atoms with Crippen LogP contribution in [-0.2, 0) is 7.05 Å². The third kappa shape index (κ3) is 2.69. The van der Waals surface area contributed by atoms with E-state index in [4.69, 9.17) is 5.73 Å². The Morgan fingerprint density at radius 2 is 2.35 bits per heavy atom. The summed E-state index contributed by atoms with van der Waals surface area (Å²) < 4.78 is 1.89. The molecule has 0 bridgehead atoms. The van der Waals surface area contributed by atoms with E-state index in [1.807, 2.05) is 11.7 Å². The summed E-state index contributed by atoms with van der Waals surface area (Å²) in [6, 6.07) is 0.339. The molecule has 2 N–H and O–H groups in total. The summed E-state index contributed by atoms with van der Waals surface area (Å²) in [6.07, 6.45) is 4.75. The highest BCUT2D eigenvalue weighted by atomic mass is 15.3. The van der Waals surface area contributed by atoms with Crippen LogP contribution in [0.4, 0.5) is 0 Å². The van der Waals surface area contributed by atoms with Gasteiger partial charge in [0, 0.05) is 31.9 Å². The molecule has 0 radical (unpaired) electrons. The van der Waals surface area contributed by atoms with Crippen LogP contribution in [-0.4, -0.2) is 34.3 Å². The lowest BCUT2D eigenvalue weighted by Crippen LogP contribution is -2.40. The van der Waals surface area contributed by atoms with E-state index >= 15 is 0 Å². The molecule has 4 nitrogen and oxygen atoms in total. The Hall–Kier alpha value is -0.870. The Morgan fingerprint density at radius 1 is 1.59 bits per heavy atom. The van der Waals surface area contributed by atoms with Crippen molar-refractivity contribution in [3.63, 3.8) is 0 Å². The second kappa shape index (κ2) is 5.19. The predicted octanol–water partition coefficient (Wildman–Crippen LogP) is 1.46. The zero-order valence-electron chi connectivity index (χ0n) is 11.2. The second-order valence-corrected chi connectivity index (χ2v) is 5.34. The summed E-state index contributed by atoms with van der Waals surface area (Å²) in [5.74, 6) is 0.787. The molecule has 0 aliphatic carbocycles. The zero-order valence-corrected chi connectivity index (χ0v) is 11.2. The van der Waals surface area contributed by atoms with E-state index < -0.39 is 0 Å². The number of rotatable bonds is 3. The van der Waals surface area contributed by atoms with Crippen LogP contribution in [0.15, 0.2) is 6.20 Å². The second-order valence-electron chi connectivity index (χ2n) is 5.34. The highest BCUT2D eigenvalue weighted by Crippen LogP contribution is 2.27. The first kappa shape index (κ1) is 12.6. The van der Waals surface area contributed by atoms with Crippen molar-refractivity contribution in [3.8, 4) is 0 Å². The van der Waals surface area contributed by atoms with Crippen molar-refractivity contribution < 1.29 is 0 Å². The Labute approximate surface area is 104 Å². The van der Waals surface area contributed by atoms with Gasteiger partial charge in [-0.25, -0.2) is 0 Å². The third-order valence-corrected chi connectivity index (χ3v) is 3.76. The molecule has 2 rings (SSSR count). The fraction of sp³-hybridized carbons (Fsp3) is 0.769. The smallest absolute Gasteiger partial charge is 0.0641 e. The molecule has 2 heterocycles. The van der Waals surface area contributed by atoms with Crippen molar-refractivity contribution in [2.45, 2.75) is 32.7 Å². The molecular formula is C13H24N4. The maximum absolute atomic E-state index is 5.98. The molecule has 2 unspecified atom stereocenters. The summed E-state index contributed by atoms with van der Waals surface area (Å²) in [6.45, 7) is 7.41. The number of nitrogens with zero attached hydrogens (tertiary/aromatic N) is 3. The Bertz CT molecular complexity index is 371. The lowest BCUT2D eigenvalue weighted by Gasteiger charge is -2.36. The first-order valence-electron chi connectivity index (χ1n) is 6.56. The van der Waals surface area contributed by atoms with Gasteiger partial charge in [-0.1, -0.05) is 6.92 Å². The summed E-state index contributed by atoms with van der Waals surface area (Å²) in [4.78, 5) is 2.53. The molecule has 1 aliphatic rings. The van der Waals surface area contributed by atoms with Crippen molar-refractivity contribution in [1.82, 2.24) is 14.7 Å². The monoisotopic (exact) mass is 236 g/mol. The number of nitrogens with two attached hydrogens (primary N) is 1. The van der Waals surface area contributed by atoms with Gasteiger partial charge in [0.25, 0.3) is 0 Å². The third-order valence-electron chi connectivity index (χ3n) is 3.76. The molecule has 1 aromatic heterocycles. The van der Waals surface area contributed by atoms with Crippen LogP contribution in [0.1, 0.15) is 37.1 Å². The van der Waals surface area contributed by atoms with Crippen LogP contribution in [0, 0.1) is 12.8 Å². The van der Waals surface area contributed by atoms with E-state index in [2.05, 4.69) is 30.0 Å². The lowest BCUT2D eigenvalue weighted by atomic mass is 9.96. The van der Waals surface area contributed by atoms with Crippen LogP contribution in [0.2, 0.25) is 0 Å². The molecule has 2 atom stereocenters. The van der Waals surface area contributed by atoms with Crippen LogP contribution in [0.5, 0.6) is 0 Å². The minimum Gasteiger partial charge on any atom is -0.329 e. The fourth-order valence-electron chi connectivity index (χ4n) is 2.93. The highest BCUT2D eigenvalue weighted by Gasteiger charge is 2.26. The molecule has 17 heavy (non-hydrogen) atoms. The van der Waals surface area contributed by atoms with E-state index in [-0.39, 0.29) is 0 Å². The number of aryl methyl sites for hydroxylation is 2. The number of hydrogen-bond acceptors (Lipinski definition) is 3. The number of piperidine rings is 1. The standard InChI is InChI=1S/C13H24N4/c1-10-5-4-6-17(8-10)13(7-14)12-9-16(3)15-11(12)2/h9-10,13H,4-8,14H2,1-3H3. The minimum atomic E-state index is 0.339. The molecule has 1 fully saturated rings. The summed E-state index contributed by atoms with van der Waals surface area (Å²) in [5.41, 5.74) is 8.39. The van der Waals surface area contributed by atoms with Crippen molar-refractivity contribution in [3.05, 3.63) is 17.5 Å². The average molecular weight is 236 g/mol. The van der Waals surface area contributed by atoms with E-state index in [1.54, 1.807) is 0 Å². The van der Waals surface area contributed by atoms with Gasteiger partial charge in [-0.2, -0.15) is 5.10 Å². The van der Waals surface area contributed by atoms with Crippen LogP contribution >= 0.6 is 0 Å². The molecular weight excluding hydrogens is 212 g/mol. The predicted molar refractivity (Wildman–Crippen MR) is 69.7 cm³/mol. The fourth-order valence-corrected chi connectivity index (χ4v) is 2.93. The van der Waals surface area contributed by atoms with Crippen molar-refractivity contribution >= 4 is 0 Å². The highest BCUT2D eigenvalue weighted by molar-refractivity contribution is 5.20. The van der Waals surface area contributed by atoms with Crippen LogP contribution < -0.4 is 5.73 Å². The normalized spacial score (nSPS) is 23.9. The molecule has 0 amide bonds. The SMILES string of the molecule is Cc1nn(C)cc1C(CN)N1CCCC(C)C1. The maximum atomic E-state index is 5.98. The molecule has 1 saturated heterocycles. The topological polar surface area (TPSA) is 47.1 Å². The largest absolute Gasteiger partial charge is 0.329 e. The summed E-state index contributed by atoms with van der Waals surface area (Å²) in [7, 11) is 1.98. The van der Waals surface area contributed by atoms with Crippen molar-refractivity contribution in [2.75, 3.05) is 19.6 Å². The van der Waals surface area contributed by atoms with Gasteiger partial charge >= 0.3 is 0 Å². The quantitative estimate of drug-likeness (QED) is 0.864. The van der Waals surface area contributed by atoms with E-state index in [9.17, 15) is 0 Å². The molecule has 4 heteroatoms. The van der Waals surface area contributed by atoms with Crippen molar-refractivity contribution in [1.29, 1.82) is 0 Å². The minimum absolute atomic E-state index is 0.339. The van der Waals surface area contributed by atoms with Gasteiger partial charge in [0.1, 0.15) is 0 Å². The molecule has 0 saturated carbocycles. The zero-order chi connectivity index (χ0) is 12.4. The van der Waals surface area contributed by atoms with E-state index in [0.717, 1.165) is 18.2 Å². The van der Waals surface area contributed by atoms with Crippen LogP contribution in [0.25, 0.3) is 0 Å². The first-order valence-corrected chi connectivity index (χ1v) is 6.56. The lowest BCUT2D eigenvalue weighted by molar-refractivity contribution is 0.133. The Morgan fingerprint density at radius 3 is 2.88 bits per heavy atom. The van der Waals surface area contributed by atoms with Crippen molar-refractivity contribution in [2.24, 2.45) is 18.7 Å². The van der Waals surface area contributed by atoms with Gasteiger partial charge in [0.05, 0.1) is 11.7 Å². The molecule has 0 aromatic carbocycles. The summed E-state index contributed by atoms with van der Waals surface area (Å²) in [5, 5.41) is 4.43. The molecule has 0 spiro atoms. The van der Waals surface area contributed by atoms with Gasteiger partial charge in [-0.15, -0.1) is 0 Å². The number of likely N-dealkylation sites (tertiary alicyclic amines) is 1. The Kier molecular flexibility index (Phi) is 3.84. The van der Waals surface area contributed by atoms with Gasteiger partial charge < -0.3 is 5.73 Å². The average Bonchev–Trinajstić information content (AvgIpc) is 2.59. The molecule has 1 aromatic rings. The van der Waals surface area contributed by atoms with Crippen LogP contribution in [0.3, 0.4) is 0 Å². The Balaban J connectivity index is 2.18. The van der Waals surface area contributed by atoms with Gasteiger partial charge in [0.2, 0.25) is 0 Å². The maximum Gasteiger partial charge on any atom is 0.0641 e. The van der Waals surface area contributed by atoms with E-state index in [0.29, 0.717) is 12.6 Å².